The summed E-state index contributed by atoms with van der Waals surface area (Å²) in [5.74, 6) is 0.773. The van der Waals surface area contributed by atoms with Gasteiger partial charge in [-0.15, -0.1) is 11.3 Å². The van der Waals surface area contributed by atoms with E-state index in [0.717, 1.165) is 11.3 Å². The van der Waals surface area contributed by atoms with Crippen LogP contribution in [0.1, 0.15) is 17.5 Å². The van der Waals surface area contributed by atoms with E-state index in [1.54, 1.807) is 23.6 Å². The number of nitro benzene ring substituents is 1. The smallest absolute Gasteiger partial charge is 0.270 e. The van der Waals surface area contributed by atoms with Gasteiger partial charge in [-0.2, -0.15) is 5.26 Å². The summed E-state index contributed by atoms with van der Waals surface area (Å²) in [6.07, 6.45) is 1.76. The second kappa shape index (κ2) is 8.25. The van der Waals surface area contributed by atoms with E-state index in [2.05, 4.69) is 11.1 Å². The third kappa shape index (κ3) is 4.37. The van der Waals surface area contributed by atoms with Gasteiger partial charge in [0, 0.05) is 23.1 Å². The Bertz CT molecular complexity index is 1030. The van der Waals surface area contributed by atoms with Crippen LogP contribution in [-0.2, 0) is 0 Å². The number of thiazole rings is 1. The van der Waals surface area contributed by atoms with Gasteiger partial charge in [0.25, 0.3) is 5.69 Å². The van der Waals surface area contributed by atoms with Crippen molar-refractivity contribution in [3.8, 4) is 23.1 Å². The molecule has 0 atom stereocenters. The van der Waals surface area contributed by atoms with Crippen molar-refractivity contribution in [2.45, 2.75) is 6.92 Å². The number of rotatable bonds is 6. The molecule has 0 aliphatic heterocycles. The molecule has 0 fully saturated rings. The molecule has 1 aromatic heterocycles. The van der Waals surface area contributed by atoms with E-state index < -0.39 is 4.92 Å². The zero-order valence-electron chi connectivity index (χ0n) is 14.5. The van der Waals surface area contributed by atoms with Crippen LogP contribution in [0.5, 0.6) is 5.75 Å². The molecule has 7 heteroatoms. The number of ether oxygens (including phenoxy) is 1. The van der Waals surface area contributed by atoms with Gasteiger partial charge in [-0.3, -0.25) is 10.1 Å². The lowest BCUT2D eigenvalue weighted by atomic mass is 10.1. The van der Waals surface area contributed by atoms with Crippen LogP contribution in [0.3, 0.4) is 0 Å². The number of benzene rings is 2. The number of hydrogen-bond acceptors (Lipinski definition) is 6. The van der Waals surface area contributed by atoms with E-state index in [4.69, 9.17) is 4.74 Å². The van der Waals surface area contributed by atoms with Gasteiger partial charge in [0.2, 0.25) is 0 Å². The van der Waals surface area contributed by atoms with E-state index >= 15 is 0 Å². The minimum Gasteiger partial charge on any atom is -0.494 e. The van der Waals surface area contributed by atoms with E-state index in [1.807, 2.05) is 31.2 Å². The van der Waals surface area contributed by atoms with Crippen LogP contribution in [0, 0.1) is 21.4 Å². The number of hydrogen-bond donors (Lipinski definition) is 0. The highest BCUT2D eigenvalue weighted by Gasteiger charge is 2.12. The highest BCUT2D eigenvalue weighted by molar-refractivity contribution is 7.11. The van der Waals surface area contributed by atoms with Crippen LogP contribution < -0.4 is 4.74 Å². The van der Waals surface area contributed by atoms with E-state index in [9.17, 15) is 15.4 Å². The Hall–Kier alpha value is -3.50. The molecule has 0 N–H and O–H groups in total. The third-order valence-corrected chi connectivity index (χ3v) is 4.59. The summed E-state index contributed by atoms with van der Waals surface area (Å²) in [6, 6.07) is 15.9. The monoisotopic (exact) mass is 377 g/mol. The first-order valence-corrected chi connectivity index (χ1v) is 9.04. The summed E-state index contributed by atoms with van der Waals surface area (Å²) in [5, 5.41) is 22.8. The van der Waals surface area contributed by atoms with Gasteiger partial charge in [0.05, 0.1) is 22.8 Å². The Morgan fingerprint density at radius 1 is 1.33 bits per heavy atom. The molecule has 134 valence electrons. The van der Waals surface area contributed by atoms with Crippen LogP contribution in [0.15, 0.2) is 53.9 Å². The molecule has 0 saturated heterocycles. The van der Waals surface area contributed by atoms with Gasteiger partial charge in [0.15, 0.2) is 0 Å². The predicted octanol–water partition coefficient (Wildman–Crippen LogP) is 5.18. The second-order valence-corrected chi connectivity index (χ2v) is 6.38. The molecule has 0 amide bonds. The summed E-state index contributed by atoms with van der Waals surface area (Å²) in [7, 11) is 0. The zero-order valence-corrected chi connectivity index (χ0v) is 15.3. The van der Waals surface area contributed by atoms with Crippen molar-refractivity contribution in [1.29, 1.82) is 5.26 Å². The van der Waals surface area contributed by atoms with E-state index in [-0.39, 0.29) is 5.69 Å². The lowest BCUT2D eigenvalue weighted by molar-refractivity contribution is -0.384. The summed E-state index contributed by atoms with van der Waals surface area (Å²) in [5.41, 5.74) is 2.55. The van der Waals surface area contributed by atoms with Gasteiger partial charge in [-0.1, -0.05) is 24.3 Å². The van der Waals surface area contributed by atoms with Gasteiger partial charge >= 0.3 is 0 Å². The second-order valence-electron chi connectivity index (χ2n) is 5.52. The van der Waals surface area contributed by atoms with Gasteiger partial charge < -0.3 is 4.74 Å². The molecule has 0 bridgehead atoms. The number of non-ortho nitro benzene ring substituents is 1. The molecule has 0 aliphatic rings. The number of allylic oxidation sites excluding steroid dienone is 1. The Morgan fingerprint density at radius 2 is 2.11 bits per heavy atom. The lowest BCUT2D eigenvalue weighted by Crippen LogP contribution is -1.90. The lowest BCUT2D eigenvalue weighted by Gasteiger charge is -2.02. The molecular weight excluding hydrogens is 362 g/mol. The molecule has 0 spiro atoms. The Balaban J connectivity index is 1.88. The number of nitriles is 1. The Morgan fingerprint density at radius 3 is 2.78 bits per heavy atom. The normalized spacial score (nSPS) is 11.0. The maximum atomic E-state index is 10.9. The molecule has 3 rings (SSSR count). The van der Waals surface area contributed by atoms with Crippen molar-refractivity contribution in [2.75, 3.05) is 6.61 Å². The zero-order chi connectivity index (χ0) is 19.2. The van der Waals surface area contributed by atoms with Crippen molar-refractivity contribution in [3.05, 3.63) is 74.6 Å². The summed E-state index contributed by atoms with van der Waals surface area (Å²) < 4.78 is 5.41. The molecule has 0 unspecified atom stereocenters. The SMILES string of the molecule is CCOc1ccc(C=C(C#N)c2nc(-c3cccc([N+](=O)[O-])c3)cs2)cc1. The third-order valence-electron chi connectivity index (χ3n) is 3.71. The number of aromatic nitrogens is 1. The fourth-order valence-electron chi connectivity index (χ4n) is 2.44. The van der Waals surface area contributed by atoms with Gasteiger partial charge in [-0.25, -0.2) is 4.98 Å². The van der Waals surface area contributed by atoms with Crippen molar-refractivity contribution in [3.63, 3.8) is 0 Å². The first-order valence-electron chi connectivity index (χ1n) is 8.16. The fraction of sp³-hybridized carbons (Fsp3) is 0.100. The summed E-state index contributed by atoms with van der Waals surface area (Å²) in [6.45, 7) is 2.52. The van der Waals surface area contributed by atoms with Crippen LogP contribution in [0.25, 0.3) is 22.9 Å². The topological polar surface area (TPSA) is 89.0 Å². The molecule has 0 aliphatic carbocycles. The molecule has 6 nitrogen and oxygen atoms in total. The summed E-state index contributed by atoms with van der Waals surface area (Å²) >= 11 is 1.33. The van der Waals surface area contributed by atoms with E-state index in [1.165, 1.54) is 23.5 Å². The molecule has 0 saturated carbocycles. The standard InChI is InChI=1S/C20H15N3O3S/c1-2-26-18-8-6-14(7-9-18)10-16(12-21)20-22-19(13-27-20)15-4-3-5-17(11-15)23(24)25/h3-11,13H,2H2,1H3. The summed E-state index contributed by atoms with van der Waals surface area (Å²) in [4.78, 5) is 15.0. The highest BCUT2D eigenvalue weighted by atomic mass is 32.1. The van der Waals surface area contributed by atoms with Crippen molar-refractivity contribution < 1.29 is 9.66 Å². The molecule has 0 radical (unpaired) electrons. The Labute approximate surface area is 160 Å². The van der Waals surface area contributed by atoms with Crippen molar-refractivity contribution >= 4 is 28.7 Å². The van der Waals surface area contributed by atoms with Crippen LogP contribution in [0.2, 0.25) is 0 Å². The van der Waals surface area contributed by atoms with Crippen molar-refractivity contribution in [1.82, 2.24) is 4.98 Å². The first kappa shape index (κ1) is 18.3. The largest absolute Gasteiger partial charge is 0.494 e. The number of nitrogens with zero attached hydrogens (tertiary/aromatic N) is 3. The van der Waals surface area contributed by atoms with Crippen LogP contribution >= 0.6 is 11.3 Å². The van der Waals surface area contributed by atoms with Crippen LogP contribution in [0.4, 0.5) is 5.69 Å². The van der Waals surface area contributed by atoms with Crippen molar-refractivity contribution in [2.24, 2.45) is 0 Å². The Kier molecular flexibility index (Phi) is 5.59. The highest BCUT2D eigenvalue weighted by Crippen LogP contribution is 2.29. The van der Waals surface area contributed by atoms with E-state index in [0.29, 0.717) is 28.4 Å². The maximum absolute atomic E-state index is 10.9. The fourth-order valence-corrected chi connectivity index (χ4v) is 3.24. The quantitative estimate of drug-likeness (QED) is 0.335. The predicted molar refractivity (Wildman–Crippen MR) is 105 cm³/mol. The molecule has 1 heterocycles. The minimum absolute atomic E-state index is 0.00693. The molecule has 2 aromatic carbocycles. The molecule has 27 heavy (non-hydrogen) atoms. The minimum atomic E-state index is -0.441. The average Bonchev–Trinajstić information content (AvgIpc) is 3.18. The molecular formula is C20H15N3O3S. The number of nitro groups is 1. The molecule has 3 aromatic rings. The van der Waals surface area contributed by atoms with Gasteiger partial charge in [-0.05, 0) is 30.7 Å². The van der Waals surface area contributed by atoms with Crippen LogP contribution in [-0.4, -0.2) is 16.5 Å². The maximum Gasteiger partial charge on any atom is 0.270 e. The van der Waals surface area contributed by atoms with Gasteiger partial charge in [0.1, 0.15) is 16.8 Å². The average molecular weight is 377 g/mol. The first-order chi connectivity index (χ1) is 13.1.